The maximum atomic E-state index is 10.6. The van der Waals surface area contributed by atoms with Gasteiger partial charge < -0.3 is 25.1 Å². The van der Waals surface area contributed by atoms with Crippen molar-refractivity contribution in [2.24, 2.45) is 5.73 Å². The molecule has 11 heteroatoms. The number of carboxylic acid groups (broad SMARTS) is 1. The topological polar surface area (TPSA) is 115 Å². The first-order valence-electron chi connectivity index (χ1n) is 6.12. The van der Waals surface area contributed by atoms with Crippen molar-refractivity contribution in [3.05, 3.63) is 17.7 Å². The Labute approximate surface area is 140 Å². The van der Waals surface area contributed by atoms with Gasteiger partial charge in [-0.1, -0.05) is 11.8 Å². The van der Waals surface area contributed by atoms with Gasteiger partial charge in [-0.2, -0.15) is 13.2 Å². The van der Waals surface area contributed by atoms with Gasteiger partial charge in [0.05, 0.1) is 21.3 Å². The zero-order valence-electron chi connectivity index (χ0n) is 13.1. The number of aliphatic carboxylic acids is 1. The normalized spacial score (nSPS) is 10.2. The van der Waals surface area contributed by atoms with Crippen molar-refractivity contribution in [2.75, 3.05) is 21.3 Å². The second-order valence-corrected chi connectivity index (χ2v) is 5.01. The molecule has 0 fully saturated rings. The van der Waals surface area contributed by atoms with E-state index in [0.717, 1.165) is 5.56 Å². The number of carbonyl (C=O) groups is 1. The number of amidine groups is 1. The number of nitrogens with two attached hydrogens (primary N) is 1. The third-order valence-electron chi connectivity index (χ3n) is 2.36. The standard InChI is InChI=1S/C11H16N2O3S.C2HF3O2/c1-14-8-4-7(6-17-11(12)13)5-9(15-2)10(8)16-3;3-2(4,5)1(6)7/h4-5H,6H2,1-3H3,(H3,12,13);(H,6,7). The summed E-state index contributed by atoms with van der Waals surface area (Å²) in [5.74, 6) is -0.400. The lowest BCUT2D eigenvalue weighted by Gasteiger charge is -2.13. The summed E-state index contributed by atoms with van der Waals surface area (Å²) in [7, 11) is 4.70. The first kappa shape index (κ1) is 21.7. The molecule has 0 amide bonds. The van der Waals surface area contributed by atoms with Crippen molar-refractivity contribution in [1.29, 1.82) is 5.41 Å². The lowest BCUT2D eigenvalue weighted by atomic mass is 10.2. The minimum absolute atomic E-state index is 0.0822. The molecular formula is C13H17F3N2O5S. The van der Waals surface area contributed by atoms with Gasteiger partial charge in [0.15, 0.2) is 16.7 Å². The summed E-state index contributed by atoms with van der Waals surface area (Å²) >= 11 is 1.25. The fourth-order valence-electron chi connectivity index (χ4n) is 1.38. The highest BCUT2D eigenvalue weighted by molar-refractivity contribution is 8.13. The molecule has 4 N–H and O–H groups in total. The molecule has 24 heavy (non-hydrogen) atoms. The number of methoxy groups -OCH3 is 3. The molecule has 0 saturated heterocycles. The van der Waals surface area contributed by atoms with Crippen molar-refractivity contribution >= 4 is 22.9 Å². The summed E-state index contributed by atoms with van der Waals surface area (Å²) in [6.45, 7) is 0. The van der Waals surface area contributed by atoms with Gasteiger partial charge in [0.2, 0.25) is 5.75 Å². The summed E-state index contributed by atoms with van der Waals surface area (Å²) in [6, 6.07) is 3.69. The van der Waals surface area contributed by atoms with Crippen LogP contribution in [0.5, 0.6) is 17.2 Å². The molecule has 0 spiro atoms. The minimum atomic E-state index is -5.08. The summed E-state index contributed by atoms with van der Waals surface area (Å²) in [5.41, 5.74) is 6.25. The molecule has 1 rings (SSSR count). The van der Waals surface area contributed by atoms with Crippen LogP contribution in [0.2, 0.25) is 0 Å². The molecule has 0 aliphatic carbocycles. The molecule has 7 nitrogen and oxygen atoms in total. The van der Waals surface area contributed by atoms with E-state index in [2.05, 4.69) is 0 Å². The van der Waals surface area contributed by atoms with Crippen LogP contribution in [0.4, 0.5) is 13.2 Å². The Morgan fingerprint density at radius 3 is 1.88 bits per heavy atom. The molecule has 0 unspecified atom stereocenters. The van der Waals surface area contributed by atoms with Crippen LogP contribution in [0.1, 0.15) is 5.56 Å². The first-order valence-corrected chi connectivity index (χ1v) is 7.11. The number of hydrogen-bond donors (Lipinski definition) is 3. The predicted octanol–water partition coefficient (Wildman–Crippen LogP) is 2.47. The van der Waals surface area contributed by atoms with E-state index in [-0.39, 0.29) is 5.17 Å². The van der Waals surface area contributed by atoms with Crippen LogP contribution in [0.3, 0.4) is 0 Å². The summed E-state index contributed by atoms with van der Waals surface area (Å²) < 4.78 is 47.4. The molecule has 1 aromatic carbocycles. The number of rotatable bonds is 5. The summed E-state index contributed by atoms with van der Waals surface area (Å²) in [4.78, 5) is 8.90. The first-order chi connectivity index (χ1) is 11.1. The molecule has 0 aromatic heterocycles. The largest absolute Gasteiger partial charge is 0.493 e. The lowest BCUT2D eigenvalue weighted by Crippen LogP contribution is -2.21. The number of nitrogens with one attached hydrogen (secondary N) is 1. The number of carboxylic acids is 1. The van der Waals surface area contributed by atoms with Gasteiger partial charge >= 0.3 is 12.1 Å². The molecule has 0 saturated carbocycles. The highest BCUT2D eigenvalue weighted by Crippen LogP contribution is 2.38. The Balaban J connectivity index is 0.000000640. The number of halogens is 3. The smallest absolute Gasteiger partial charge is 0.490 e. The lowest BCUT2D eigenvalue weighted by molar-refractivity contribution is -0.192. The van der Waals surface area contributed by atoms with Gasteiger partial charge in [-0.05, 0) is 17.7 Å². The number of alkyl halides is 3. The van der Waals surface area contributed by atoms with E-state index in [1.54, 1.807) is 21.3 Å². The Kier molecular flexibility index (Phi) is 8.82. The van der Waals surface area contributed by atoms with E-state index >= 15 is 0 Å². The highest BCUT2D eigenvalue weighted by Gasteiger charge is 2.38. The van der Waals surface area contributed by atoms with Crippen molar-refractivity contribution in [3.63, 3.8) is 0 Å². The maximum absolute atomic E-state index is 10.6. The Morgan fingerprint density at radius 2 is 1.62 bits per heavy atom. The van der Waals surface area contributed by atoms with Gasteiger partial charge in [-0.25, -0.2) is 4.79 Å². The molecule has 0 aliphatic rings. The number of hydrogen-bond acceptors (Lipinski definition) is 6. The molecule has 0 bridgehead atoms. The third kappa shape index (κ3) is 7.31. The van der Waals surface area contributed by atoms with E-state index in [1.165, 1.54) is 11.8 Å². The zero-order valence-corrected chi connectivity index (χ0v) is 13.9. The molecule has 0 radical (unpaired) electrons. The zero-order chi connectivity index (χ0) is 18.9. The second kappa shape index (κ2) is 9.75. The van der Waals surface area contributed by atoms with Gasteiger partial charge in [-0.15, -0.1) is 0 Å². The van der Waals surface area contributed by atoms with Gasteiger partial charge in [0.25, 0.3) is 0 Å². The van der Waals surface area contributed by atoms with Crippen LogP contribution < -0.4 is 19.9 Å². The molecule has 0 aliphatic heterocycles. The fraction of sp³-hybridized carbons (Fsp3) is 0.385. The van der Waals surface area contributed by atoms with Crippen molar-refractivity contribution in [2.45, 2.75) is 11.9 Å². The average Bonchev–Trinajstić information content (AvgIpc) is 2.51. The SMILES string of the molecule is COc1cc(CSC(=N)N)cc(OC)c1OC.O=C(O)C(F)(F)F. The predicted molar refractivity (Wildman–Crippen MR) is 83.0 cm³/mol. The Hall–Kier alpha value is -2.30. The van der Waals surface area contributed by atoms with Crippen molar-refractivity contribution in [1.82, 2.24) is 0 Å². The molecule has 0 heterocycles. The summed E-state index contributed by atoms with van der Waals surface area (Å²) in [6.07, 6.45) is -5.08. The van der Waals surface area contributed by atoms with Gasteiger partial charge in [0, 0.05) is 5.75 Å². The minimum Gasteiger partial charge on any atom is -0.493 e. The number of ether oxygens (including phenoxy) is 3. The fourth-order valence-corrected chi connectivity index (χ4v) is 1.87. The van der Waals surface area contributed by atoms with Crippen LogP contribution in [-0.4, -0.2) is 43.7 Å². The van der Waals surface area contributed by atoms with E-state index < -0.39 is 12.1 Å². The van der Waals surface area contributed by atoms with Crippen LogP contribution in [0.25, 0.3) is 0 Å². The molecule has 136 valence electrons. The Morgan fingerprint density at radius 1 is 1.21 bits per heavy atom. The monoisotopic (exact) mass is 370 g/mol. The van der Waals surface area contributed by atoms with E-state index in [1.807, 2.05) is 12.1 Å². The van der Waals surface area contributed by atoms with E-state index in [4.69, 9.17) is 35.3 Å². The summed E-state index contributed by atoms with van der Waals surface area (Å²) in [5, 5.41) is 14.4. The molecular weight excluding hydrogens is 353 g/mol. The van der Waals surface area contributed by atoms with Crippen molar-refractivity contribution < 1.29 is 37.3 Å². The molecule has 1 aromatic rings. The number of thioether (sulfide) groups is 1. The molecule has 0 atom stereocenters. The van der Waals surface area contributed by atoms with Gasteiger partial charge in [-0.3, -0.25) is 5.41 Å². The van der Waals surface area contributed by atoms with E-state index in [9.17, 15) is 13.2 Å². The third-order valence-corrected chi connectivity index (χ3v) is 3.15. The maximum Gasteiger partial charge on any atom is 0.490 e. The number of benzene rings is 1. The van der Waals surface area contributed by atoms with E-state index in [0.29, 0.717) is 23.0 Å². The van der Waals surface area contributed by atoms with Crippen molar-refractivity contribution in [3.8, 4) is 17.2 Å². The Bertz CT molecular complexity index is 556. The quantitative estimate of drug-likeness (QED) is 0.539. The van der Waals surface area contributed by atoms with Crippen LogP contribution in [0, 0.1) is 5.41 Å². The van der Waals surface area contributed by atoms with Crippen LogP contribution in [-0.2, 0) is 10.5 Å². The second-order valence-electron chi connectivity index (χ2n) is 3.99. The van der Waals surface area contributed by atoms with Gasteiger partial charge in [0.1, 0.15) is 0 Å². The van der Waals surface area contributed by atoms with Crippen LogP contribution in [0.15, 0.2) is 12.1 Å². The highest BCUT2D eigenvalue weighted by atomic mass is 32.2. The average molecular weight is 370 g/mol. The van der Waals surface area contributed by atoms with Crippen LogP contribution >= 0.6 is 11.8 Å².